The van der Waals surface area contributed by atoms with Gasteiger partial charge in [0.1, 0.15) is 0 Å². The van der Waals surface area contributed by atoms with Crippen molar-refractivity contribution in [3.05, 3.63) is 36.5 Å². The average Bonchev–Trinajstić information content (AvgIpc) is 2.64. The van der Waals surface area contributed by atoms with Crippen molar-refractivity contribution in [3.8, 4) is 0 Å². The van der Waals surface area contributed by atoms with Gasteiger partial charge < -0.3 is 0 Å². The summed E-state index contributed by atoms with van der Waals surface area (Å²) in [6.07, 6.45) is 16.8. The zero-order valence-corrected chi connectivity index (χ0v) is 6.53. The lowest BCUT2D eigenvalue weighted by molar-refractivity contribution is 0.415. The molecule has 0 radical (unpaired) electrons. The predicted octanol–water partition coefficient (Wildman–Crippen LogP) is 2.69. The summed E-state index contributed by atoms with van der Waals surface area (Å²) in [7, 11) is 0. The fourth-order valence-corrected chi connectivity index (χ4v) is 2.84. The van der Waals surface area contributed by atoms with Gasteiger partial charge in [0.15, 0.2) is 0 Å². The van der Waals surface area contributed by atoms with Gasteiger partial charge in [-0.05, 0) is 24.7 Å². The molecule has 1 fully saturated rings. The van der Waals surface area contributed by atoms with Gasteiger partial charge in [-0.1, -0.05) is 36.5 Å². The smallest absolute Gasteiger partial charge is 0.0136 e. The van der Waals surface area contributed by atoms with Gasteiger partial charge in [0, 0.05) is 5.41 Å². The Hall–Kier alpha value is -0.780. The van der Waals surface area contributed by atoms with Crippen LogP contribution in [0.4, 0.5) is 0 Å². The molecule has 0 unspecified atom stereocenters. The molecule has 1 spiro atoms. The fourth-order valence-electron chi connectivity index (χ4n) is 2.84. The molecule has 3 rings (SSSR count). The van der Waals surface area contributed by atoms with E-state index in [2.05, 4.69) is 36.5 Å². The van der Waals surface area contributed by atoms with Crippen LogP contribution in [0.5, 0.6) is 0 Å². The van der Waals surface area contributed by atoms with E-state index in [4.69, 9.17) is 0 Å². The summed E-state index contributed by atoms with van der Waals surface area (Å²) in [4.78, 5) is 0. The highest BCUT2D eigenvalue weighted by atomic mass is 14.5. The van der Waals surface area contributed by atoms with Crippen LogP contribution in [0.25, 0.3) is 0 Å². The summed E-state index contributed by atoms with van der Waals surface area (Å²) in [6.45, 7) is 0. The topological polar surface area (TPSA) is 0 Å². The van der Waals surface area contributed by atoms with Gasteiger partial charge in [0.05, 0.1) is 0 Å². The van der Waals surface area contributed by atoms with Crippen LogP contribution in [-0.4, -0.2) is 0 Å². The first-order valence-corrected chi connectivity index (χ1v) is 4.44. The normalized spacial score (nSPS) is 41.5. The molecule has 11 heavy (non-hydrogen) atoms. The minimum atomic E-state index is 0.458. The Bertz CT molecular complexity index is 256. The van der Waals surface area contributed by atoms with Crippen LogP contribution >= 0.6 is 0 Å². The first kappa shape index (κ1) is 5.82. The van der Waals surface area contributed by atoms with E-state index >= 15 is 0 Å². The molecule has 0 aromatic heterocycles. The second kappa shape index (κ2) is 1.69. The van der Waals surface area contributed by atoms with Gasteiger partial charge in [0.25, 0.3) is 0 Å². The van der Waals surface area contributed by atoms with E-state index in [1.54, 1.807) is 0 Å². The highest BCUT2D eigenvalue weighted by Crippen LogP contribution is 2.55. The molecule has 0 heterocycles. The predicted molar refractivity (Wildman–Crippen MR) is 46.1 cm³/mol. The molecule has 0 nitrogen and oxygen atoms in total. The average molecular weight is 144 g/mol. The molecule has 3 aliphatic carbocycles. The summed E-state index contributed by atoms with van der Waals surface area (Å²) in [5, 5.41) is 0. The lowest BCUT2D eigenvalue weighted by Crippen LogP contribution is -2.18. The molecule has 0 saturated heterocycles. The van der Waals surface area contributed by atoms with Crippen LogP contribution < -0.4 is 0 Å². The van der Waals surface area contributed by atoms with E-state index in [0.29, 0.717) is 5.41 Å². The number of hydrogen-bond acceptors (Lipinski definition) is 0. The van der Waals surface area contributed by atoms with Gasteiger partial charge >= 0.3 is 0 Å². The highest BCUT2D eigenvalue weighted by Gasteiger charge is 2.45. The van der Waals surface area contributed by atoms with Crippen molar-refractivity contribution < 1.29 is 0 Å². The quantitative estimate of drug-likeness (QED) is 0.458. The maximum absolute atomic E-state index is 2.41. The zero-order chi connectivity index (χ0) is 7.31. The minimum absolute atomic E-state index is 0.458. The Balaban J connectivity index is 2.07. The van der Waals surface area contributed by atoms with Crippen LogP contribution in [0.3, 0.4) is 0 Å². The molecule has 0 aliphatic heterocycles. The van der Waals surface area contributed by atoms with Crippen molar-refractivity contribution in [2.24, 2.45) is 17.3 Å². The molecular weight excluding hydrogens is 132 g/mol. The van der Waals surface area contributed by atoms with Gasteiger partial charge in [-0.25, -0.2) is 0 Å². The molecule has 0 aromatic rings. The van der Waals surface area contributed by atoms with Crippen molar-refractivity contribution in [1.29, 1.82) is 0 Å². The Kier molecular flexibility index (Phi) is 0.892. The van der Waals surface area contributed by atoms with E-state index < -0.39 is 0 Å². The Morgan fingerprint density at radius 1 is 1.09 bits per heavy atom. The molecule has 3 aliphatic rings. The van der Waals surface area contributed by atoms with Gasteiger partial charge in [-0.15, -0.1) is 0 Å². The first-order valence-electron chi connectivity index (χ1n) is 4.44. The summed E-state index contributed by atoms with van der Waals surface area (Å²) in [6, 6.07) is 0. The van der Waals surface area contributed by atoms with E-state index in [1.165, 1.54) is 12.8 Å². The van der Waals surface area contributed by atoms with Crippen LogP contribution in [0.15, 0.2) is 36.5 Å². The third kappa shape index (κ3) is 0.604. The van der Waals surface area contributed by atoms with Gasteiger partial charge in [-0.2, -0.15) is 0 Å². The Morgan fingerprint density at radius 2 is 1.91 bits per heavy atom. The third-order valence-electron chi connectivity index (χ3n) is 3.40. The molecule has 2 atom stereocenters. The molecule has 0 amide bonds. The Labute approximate surface area is 67.3 Å². The number of allylic oxidation sites excluding steroid dienone is 6. The lowest BCUT2D eigenvalue weighted by Gasteiger charge is -2.26. The highest BCUT2D eigenvalue weighted by molar-refractivity contribution is 5.33. The Morgan fingerprint density at radius 3 is 2.45 bits per heavy atom. The molecule has 1 saturated carbocycles. The zero-order valence-electron chi connectivity index (χ0n) is 6.53. The summed E-state index contributed by atoms with van der Waals surface area (Å²) in [5.41, 5.74) is 0.458. The van der Waals surface area contributed by atoms with E-state index in [9.17, 15) is 0 Å². The number of hydrogen-bond donors (Lipinski definition) is 0. The maximum Gasteiger partial charge on any atom is 0.0136 e. The number of fused-ring (bicyclic) bond motifs is 3. The van der Waals surface area contributed by atoms with E-state index in [-0.39, 0.29) is 0 Å². The van der Waals surface area contributed by atoms with Gasteiger partial charge in [0.2, 0.25) is 0 Å². The van der Waals surface area contributed by atoms with Crippen molar-refractivity contribution in [2.75, 3.05) is 0 Å². The standard InChI is InChI=1S/C11H12/c1-2-6-11(5-1)8-9-3-4-10(11)7-9/h1-6,9-10H,7-8H2/t9-,10+/m1/s1. The molecule has 56 valence electrons. The molecule has 0 aromatic carbocycles. The van der Waals surface area contributed by atoms with Crippen molar-refractivity contribution in [2.45, 2.75) is 12.8 Å². The lowest BCUT2D eigenvalue weighted by atomic mass is 9.77. The summed E-state index contributed by atoms with van der Waals surface area (Å²) < 4.78 is 0. The minimum Gasteiger partial charge on any atom is -0.0850 e. The van der Waals surface area contributed by atoms with E-state index in [0.717, 1.165) is 11.8 Å². The molecule has 0 N–H and O–H groups in total. The summed E-state index contributed by atoms with van der Waals surface area (Å²) in [5.74, 6) is 1.70. The summed E-state index contributed by atoms with van der Waals surface area (Å²) >= 11 is 0. The number of rotatable bonds is 0. The first-order chi connectivity index (χ1) is 5.39. The van der Waals surface area contributed by atoms with Crippen LogP contribution in [0, 0.1) is 17.3 Å². The third-order valence-corrected chi connectivity index (χ3v) is 3.40. The fraction of sp³-hybridized carbons (Fsp3) is 0.455. The largest absolute Gasteiger partial charge is 0.0850 e. The SMILES string of the molecule is C1=CC2(C=C1)C[C@@H]1C=C[C@H]2C1. The molecular formula is C11H12. The van der Waals surface area contributed by atoms with Crippen LogP contribution in [-0.2, 0) is 0 Å². The van der Waals surface area contributed by atoms with Crippen LogP contribution in [0.2, 0.25) is 0 Å². The molecule has 2 bridgehead atoms. The van der Waals surface area contributed by atoms with E-state index in [1.807, 2.05) is 0 Å². The van der Waals surface area contributed by atoms with Crippen molar-refractivity contribution >= 4 is 0 Å². The second-order valence-electron chi connectivity index (χ2n) is 4.02. The maximum atomic E-state index is 2.41. The van der Waals surface area contributed by atoms with Crippen molar-refractivity contribution in [1.82, 2.24) is 0 Å². The molecule has 0 heteroatoms. The monoisotopic (exact) mass is 144 g/mol. The van der Waals surface area contributed by atoms with Crippen molar-refractivity contribution in [3.63, 3.8) is 0 Å². The second-order valence-corrected chi connectivity index (χ2v) is 4.02. The van der Waals surface area contributed by atoms with Gasteiger partial charge in [-0.3, -0.25) is 0 Å². The van der Waals surface area contributed by atoms with Crippen LogP contribution in [0.1, 0.15) is 12.8 Å².